The second kappa shape index (κ2) is 11.5. The lowest BCUT2D eigenvalue weighted by molar-refractivity contribution is 0.0924. The highest BCUT2D eigenvalue weighted by Crippen LogP contribution is 2.27. The van der Waals surface area contributed by atoms with E-state index in [1.807, 2.05) is 0 Å². The van der Waals surface area contributed by atoms with E-state index in [4.69, 9.17) is 9.47 Å². The fraction of sp³-hybridized carbons (Fsp3) is 0.160. The third-order valence-electron chi connectivity index (χ3n) is 4.86. The summed E-state index contributed by atoms with van der Waals surface area (Å²) in [5, 5.41) is 8.12. The highest BCUT2D eigenvalue weighted by atomic mass is 19.1. The molecule has 0 radical (unpaired) electrons. The topological polar surface area (TPSA) is 106 Å². The summed E-state index contributed by atoms with van der Waals surface area (Å²) in [6.07, 6.45) is 0. The lowest BCUT2D eigenvalue weighted by Crippen LogP contribution is -2.35. The van der Waals surface area contributed by atoms with E-state index in [-0.39, 0.29) is 36.4 Å². The number of nitrogens with one attached hydrogen (secondary N) is 3. The zero-order chi connectivity index (χ0) is 24.5. The van der Waals surface area contributed by atoms with Crippen LogP contribution < -0.4 is 25.4 Å². The van der Waals surface area contributed by atoms with Crippen molar-refractivity contribution in [1.82, 2.24) is 10.6 Å². The number of hydrogen-bond donors (Lipinski definition) is 3. The normalized spacial score (nSPS) is 10.2. The van der Waals surface area contributed by atoms with Gasteiger partial charge in [0.2, 0.25) is 0 Å². The van der Waals surface area contributed by atoms with Crippen molar-refractivity contribution < 1.29 is 28.2 Å². The molecule has 0 unspecified atom stereocenters. The Bertz CT molecular complexity index is 1140. The molecule has 0 bridgehead atoms. The predicted molar refractivity (Wildman–Crippen MR) is 125 cm³/mol. The number of anilines is 1. The molecule has 0 saturated heterocycles. The van der Waals surface area contributed by atoms with Gasteiger partial charge < -0.3 is 25.4 Å². The van der Waals surface area contributed by atoms with Crippen LogP contribution >= 0.6 is 0 Å². The summed E-state index contributed by atoms with van der Waals surface area (Å²) >= 11 is 0. The fourth-order valence-corrected chi connectivity index (χ4v) is 3.13. The minimum atomic E-state index is -0.425. The van der Waals surface area contributed by atoms with Crippen LogP contribution in [0.4, 0.5) is 10.1 Å². The minimum absolute atomic E-state index is 0.192. The van der Waals surface area contributed by atoms with Crippen molar-refractivity contribution in [2.45, 2.75) is 0 Å². The van der Waals surface area contributed by atoms with Crippen LogP contribution in [0.15, 0.2) is 66.7 Å². The van der Waals surface area contributed by atoms with Gasteiger partial charge in [-0.3, -0.25) is 14.4 Å². The van der Waals surface area contributed by atoms with Crippen molar-refractivity contribution in [2.24, 2.45) is 0 Å². The van der Waals surface area contributed by atoms with Crippen LogP contribution in [-0.2, 0) is 0 Å². The second-order valence-electron chi connectivity index (χ2n) is 7.09. The zero-order valence-corrected chi connectivity index (χ0v) is 18.7. The van der Waals surface area contributed by atoms with Crippen LogP contribution in [0, 0.1) is 5.82 Å². The third-order valence-corrected chi connectivity index (χ3v) is 4.86. The smallest absolute Gasteiger partial charge is 0.258 e. The van der Waals surface area contributed by atoms with Crippen molar-refractivity contribution in [3.8, 4) is 11.5 Å². The number of halogens is 1. The Hall–Kier alpha value is -4.40. The molecule has 176 valence electrons. The molecule has 0 aliphatic carbocycles. The van der Waals surface area contributed by atoms with Crippen molar-refractivity contribution in [3.05, 3.63) is 89.2 Å². The van der Waals surface area contributed by atoms with E-state index in [2.05, 4.69) is 16.0 Å². The Labute approximate surface area is 196 Å². The first-order valence-corrected chi connectivity index (χ1v) is 10.4. The molecule has 0 aliphatic heterocycles. The van der Waals surface area contributed by atoms with Crippen LogP contribution in [0.3, 0.4) is 0 Å². The molecule has 3 aromatic carbocycles. The van der Waals surface area contributed by atoms with E-state index >= 15 is 0 Å². The summed E-state index contributed by atoms with van der Waals surface area (Å²) in [7, 11) is 2.93. The molecule has 34 heavy (non-hydrogen) atoms. The van der Waals surface area contributed by atoms with E-state index in [1.165, 1.54) is 38.5 Å². The number of amides is 3. The van der Waals surface area contributed by atoms with Gasteiger partial charge in [0.25, 0.3) is 17.7 Å². The molecule has 0 fully saturated rings. The molecular weight excluding hydrogens is 441 g/mol. The monoisotopic (exact) mass is 465 g/mol. The number of ether oxygens (including phenoxy) is 2. The molecule has 0 heterocycles. The highest BCUT2D eigenvalue weighted by Gasteiger charge is 2.17. The van der Waals surface area contributed by atoms with Gasteiger partial charge in [-0.25, -0.2) is 4.39 Å². The van der Waals surface area contributed by atoms with Crippen molar-refractivity contribution in [1.29, 1.82) is 0 Å². The SMILES string of the molecule is COc1cccc(OC)c1C(=O)NCCNC(=O)c1ccc(NC(=O)c2ccc(F)cc2)cc1. The molecule has 0 saturated carbocycles. The summed E-state index contributed by atoms with van der Waals surface area (Å²) in [6, 6.07) is 16.5. The molecule has 8 nitrogen and oxygen atoms in total. The number of carbonyl (C=O) groups excluding carboxylic acids is 3. The van der Waals surface area contributed by atoms with E-state index in [1.54, 1.807) is 42.5 Å². The number of rotatable bonds is 9. The van der Waals surface area contributed by atoms with Crippen LogP contribution in [0.5, 0.6) is 11.5 Å². The molecule has 3 rings (SSSR count). The van der Waals surface area contributed by atoms with Gasteiger partial charge in [0.15, 0.2) is 0 Å². The first kappa shape index (κ1) is 24.2. The summed E-state index contributed by atoms with van der Waals surface area (Å²) in [4.78, 5) is 37.1. The number of hydrogen-bond acceptors (Lipinski definition) is 5. The van der Waals surface area contributed by atoms with Gasteiger partial charge in [-0.1, -0.05) is 6.07 Å². The molecule has 3 amide bonds. The average Bonchev–Trinajstić information content (AvgIpc) is 2.86. The largest absolute Gasteiger partial charge is 0.496 e. The van der Waals surface area contributed by atoms with Crippen LogP contribution in [0.25, 0.3) is 0 Å². The van der Waals surface area contributed by atoms with Gasteiger partial charge in [-0.15, -0.1) is 0 Å². The molecular formula is C25H24FN3O5. The highest BCUT2D eigenvalue weighted by molar-refractivity contribution is 6.04. The number of carbonyl (C=O) groups is 3. The molecule has 9 heteroatoms. The predicted octanol–water partition coefficient (Wildman–Crippen LogP) is 3.26. The van der Waals surface area contributed by atoms with Gasteiger partial charge in [0.05, 0.1) is 14.2 Å². The maximum Gasteiger partial charge on any atom is 0.258 e. The van der Waals surface area contributed by atoms with E-state index in [0.717, 1.165) is 0 Å². The lowest BCUT2D eigenvalue weighted by Gasteiger charge is -2.13. The summed E-state index contributed by atoms with van der Waals surface area (Å²) in [5.41, 5.74) is 1.47. The third kappa shape index (κ3) is 6.10. The maximum atomic E-state index is 13.0. The summed E-state index contributed by atoms with van der Waals surface area (Å²) in [6.45, 7) is 0.392. The molecule has 0 atom stereocenters. The lowest BCUT2D eigenvalue weighted by atomic mass is 10.1. The molecule has 0 aliphatic rings. The molecule has 3 N–H and O–H groups in total. The van der Waals surface area contributed by atoms with Crippen molar-refractivity contribution in [3.63, 3.8) is 0 Å². The van der Waals surface area contributed by atoms with E-state index in [0.29, 0.717) is 28.3 Å². The van der Waals surface area contributed by atoms with Gasteiger partial charge in [-0.2, -0.15) is 0 Å². The van der Waals surface area contributed by atoms with E-state index < -0.39 is 5.82 Å². The van der Waals surface area contributed by atoms with Crippen molar-refractivity contribution >= 4 is 23.4 Å². The van der Waals surface area contributed by atoms with E-state index in [9.17, 15) is 18.8 Å². The zero-order valence-electron chi connectivity index (χ0n) is 18.7. The second-order valence-corrected chi connectivity index (χ2v) is 7.09. The Balaban J connectivity index is 1.49. The summed E-state index contributed by atoms with van der Waals surface area (Å²) in [5.74, 6) is -0.768. The van der Waals surface area contributed by atoms with Crippen LogP contribution in [-0.4, -0.2) is 45.0 Å². The fourth-order valence-electron chi connectivity index (χ4n) is 3.13. The Morgan fingerprint density at radius 3 is 1.76 bits per heavy atom. The first-order chi connectivity index (χ1) is 16.4. The average molecular weight is 465 g/mol. The van der Waals surface area contributed by atoms with Crippen molar-refractivity contribution in [2.75, 3.05) is 32.6 Å². The first-order valence-electron chi connectivity index (χ1n) is 10.4. The van der Waals surface area contributed by atoms with Gasteiger partial charge in [0.1, 0.15) is 22.9 Å². The quantitative estimate of drug-likeness (QED) is 0.421. The summed E-state index contributed by atoms with van der Waals surface area (Å²) < 4.78 is 23.4. The van der Waals surface area contributed by atoms with Gasteiger partial charge >= 0.3 is 0 Å². The number of benzene rings is 3. The molecule has 0 spiro atoms. The number of methoxy groups -OCH3 is 2. The Morgan fingerprint density at radius 1 is 0.706 bits per heavy atom. The van der Waals surface area contributed by atoms with Gasteiger partial charge in [0, 0.05) is 29.9 Å². The van der Waals surface area contributed by atoms with Crippen LogP contribution in [0.1, 0.15) is 31.1 Å². The molecule has 0 aromatic heterocycles. The standard InChI is InChI=1S/C25H24FN3O5/c1-33-20-4-3-5-21(34-2)22(20)25(32)28-15-14-27-23(30)16-8-12-19(13-9-16)29-24(31)17-6-10-18(26)11-7-17/h3-13H,14-15H2,1-2H3,(H,27,30)(H,28,32)(H,29,31). The molecule has 3 aromatic rings. The van der Waals surface area contributed by atoms with Gasteiger partial charge in [-0.05, 0) is 60.7 Å². The minimum Gasteiger partial charge on any atom is -0.496 e. The van der Waals surface area contributed by atoms with Crippen LogP contribution in [0.2, 0.25) is 0 Å². The maximum absolute atomic E-state index is 13.0. The Morgan fingerprint density at radius 2 is 1.21 bits per heavy atom. The Kier molecular flexibility index (Phi) is 8.17.